The maximum atomic E-state index is 11.2. The van der Waals surface area contributed by atoms with Crippen LogP contribution in [0.15, 0.2) is 23.5 Å². The van der Waals surface area contributed by atoms with Crippen molar-refractivity contribution in [1.82, 2.24) is 0 Å². The number of carbonyl (C=O) groups is 1. The van der Waals surface area contributed by atoms with E-state index in [1.807, 2.05) is 6.92 Å². The summed E-state index contributed by atoms with van der Waals surface area (Å²) in [6, 6.07) is 0. The van der Waals surface area contributed by atoms with Crippen LogP contribution in [0.3, 0.4) is 0 Å². The van der Waals surface area contributed by atoms with Gasteiger partial charge in [-0.25, -0.2) is 4.79 Å². The molecule has 0 unspecified atom stereocenters. The highest BCUT2D eigenvalue weighted by Crippen LogP contribution is 2.21. The third-order valence-electron chi connectivity index (χ3n) is 1.97. The summed E-state index contributed by atoms with van der Waals surface area (Å²) in [6.45, 7) is 3.72. The summed E-state index contributed by atoms with van der Waals surface area (Å²) in [5, 5.41) is 9.04. The first-order chi connectivity index (χ1) is 6.63. The molecular formula is C11H16O3. The molecule has 0 spiro atoms. The zero-order valence-electron chi connectivity index (χ0n) is 8.62. The van der Waals surface area contributed by atoms with Gasteiger partial charge in [0.15, 0.2) is 0 Å². The Bertz CT molecular complexity index is 274. The van der Waals surface area contributed by atoms with E-state index in [1.165, 1.54) is 0 Å². The fourth-order valence-electron chi connectivity index (χ4n) is 1.26. The van der Waals surface area contributed by atoms with E-state index in [4.69, 9.17) is 9.84 Å². The zero-order chi connectivity index (χ0) is 10.6. The number of hydrogen-bond acceptors (Lipinski definition) is 3. The minimum Gasteiger partial charge on any atom is -0.424 e. The molecule has 3 heteroatoms. The number of ether oxygens (including phenoxy) is 1. The normalized spacial score (nSPS) is 20.9. The van der Waals surface area contributed by atoms with Gasteiger partial charge in [0, 0.05) is 5.57 Å². The number of cyclic esters (lactones) is 1. The Labute approximate surface area is 84.1 Å². The van der Waals surface area contributed by atoms with Crippen molar-refractivity contribution in [1.29, 1.82) is 0 Å². The topological polar surface area (TPSA) is 46.5 Å². The monoisotopic (exact) mass is 196 g/mol. The van der Waals surface area contributed by atoms with Gasteiger partial charge >= 0.3 is 5.97 Å². The first-order valence-electron chi connectivity index (χ1n) is 4.94. The number of aliphatic hydroxyl groups is 1. The molecule has 1 aliphatic heterocycles. The van der Waals surface area contributed by atoms with Gasteiger partial charge in [0.05, 0.1) is 6.10 Å². The predicted octanol–water partition coefficient (Wildman–Crippen LogP) is 1.92. The van der Waals surface area contributed by atoms with E-state index in [2.05, 4.69) is 0 Å². The first kappa shape index (κ1) is 11.0. The smallest absolute Gasteiger partial charge is 0.339 e. The van der Waals surface area contributed by atoms with E-state index in [0.29, 0.717) is 12.2 Å². The number of allylic oxidation sites excluding steroid dienone is 1. The maximum Gasteiger partial charge on any atom is 0.339 e. The summed E-state index contributed by atoms with van der Waals surface area (Å²) < 4.78 is 5.00. The second kappa shape index (κ2) is 4.96. The van der Waals surface area contributed by atoms with Gasteiger partial charge in [0.1, 0.15) is 5.76 Å². The van der Waals surface area contributed by atoms with Crippen LogP contribution in [0.5, 0.6) is 0 Å². The van der Waals surface area contributed by atoms with Crippen LogP contribution in [-0.2, 0) is 9.53 Å². The minimum absolute atomic E-state index is 0.247. The number of hydrogen-bond donors (Lipinski definition) is 1. The summed E-state index contributed by atoms with van der Waals surface area (Å²) in [5.41, 5.74) is 0.726. The van der Waals surface area contributed by atoms with Gasteiger partial charge in [-0.15, -0.1) is 0 Å². The summed E-state index contributed by atoms with van der Waals surface area (Å²) in [7, 11) is 0. The average molecular weight is 196 g/mol. The highest BCUT2D eigenvalue weighted by Gasteiger charge is 2.19. The van der Waals surface area contributed by atoms with Gasteiger partial charge in [-0.1, -0.05) is 13.3 Å². The van der Waals surface area contributed by atoms with Gasteiger partial charge in [0.2, 0.25) is 0 Å². The van der Waals surface area contributed by atoms with E-state index in [9.17, 15) is 4.79 Å². The minimum atomic E-state index is -0.398. The molecule has 78 valence electrons. The largest absolute Gasteiger partial charge is 0.424 e. The molecule has 0 aliphatic carbocycles. The number of esters is 1. The Balaban J connectivity index is 2.59. The second-order valence-electron chi connectivity index (χ2n) is 3.50. The molecule has 0 saturated carbocycles. The lowest BCUT2D eigenvalue weighted by Gasteiger charge is -1.98. The predicted molar refractivity (Wildman–Crippen MR) is 53.5 cm³/mol. The molecule has 0 saturated heterocycles. The maximum absolute atomic E-state index is 11.2. The number of carbonyl (C=O) groups excluding carboxylic acids is 1. The molecule has 0 fully saturated rings. The van der Waals surface area contributed by atoms with Crippen LogP contribution in [0.2, 0.25) is 0 Å². The molecule has 3 nitrogen and oxygen atoms in total. The highest BCUT2D eigenvalue weighted by molar-refractivity contribution is 5.92. The van der Waals surface area contributed by atoms with E-state index in [-0.39, 0.29) is 5.97 Å². The van der Waals surface area contributed by atoms with Crippen LogP contribution in [-0.4, -0.2) is 17.2 Å². The molecular weight excluding hydrogens is 180 g/mol. The second-order valence-corrected chi connectivity index (χ2v) is 3.50. The molecule has 0 aromatic heterocycles. The molecule has 14 heavy (non-hydrogen) atoms. The van der Waals surface area contributed by atoms with Crippen LogP contribution < -0.4 is 0 Å². The van der Waals surface area contributed by atoms with E-state index in [0.717, 1.165) is 18.4 Å². The molecule has 1 rings (SSSR count). The molecule has 1 heterocycles. The van der Waals surface area contributed by atoms with Crippen molar-refractivity contribution in [2.24, 2.45) is 0 Å². The highest BCUT2D eigenvalue weighted by atomic mass is 16.5. The van der Waals surface area contributed by atoms with Gasteiger partial charge in [-0.05, 0) is 31.9 Å². The van der Waals surface area contributed by atoms with Crippen molar-refractivity contribution in [2.45, 2.75) is 39.2 Å². The Morgan fingerprint density at radius 2 is 2.36 bits per heavy atom. The summed E-state index contributed by atoms with van der Waals surface area (Å²) >= 11 is 0. The van der Waals surface area contributed by atoms with Crippen LogP contribution in [0.25, 0.3) is 0 Å². The van der Waals surface area contributed by atoms with Gasteiger partial charge < -0.3 is 9.84 Å². The van der Waals surface area contributed by atoms with Crippen molar-refractivity contribution in [3.05, 3.63) is 23.5 Å². The van der Waals surface area contributed by atoms with Gasteiger partial charge in [0.25, 0.3) is 0 Å². The molecule has 0 aromatic carbocycles. The third kappa shape index (κ3) is 3.00. The SMILES string of the molecule is CCCC1=C/C(=C/C[C@@H](C)O)OC1=O. The van der Waals surface area contributed by atoms with Crippen LogP contribution in [0.4, 0.5) is 0 Å². The molecule has 0 aromatic rings. The Kier molecular flexibility index (Phi) is 3.89. The van der Waals surface area contributed by atoms with Crippen LogP contribution in [0, 0.1) is 0 Å². The summed E-state index contributed by atoms with van der Waals surface area (Å²) in [6.07, 6.45) is 5.30. The summed E-state index contributed by atoms with van der Waals surface area (Å²) in [5.74, 6) is 0.322. The molecule has 0 amide bonds. The summed E-state index contributed by atoms with van der Waals surface area (Å²) in [4.78, 5) is 11.2. The Morgan fingerprint density at radius 1 is 1.64 bits per heavy atom. The van der Waals surface area contributed by atoms with E-state index >= 15 is 0 Å². The average Bonchev–Trinajstić information content (AvgIpc) is 2.45. The van der Waals surface area contributed by atoms with Crippen molar-refractivity contribution < 1.29 is 14.6 Å². The fraction of sp³-hybridized carbons (Fsp3) is 0.545. The molecule has 0 radical (unpaired) electrons. The lowest BCUT2D eigenvalue weighted by molar-refractivity contribution is -0.133. The molecule has 1 aliphatic rings. The lowest BCUT2D eigenvalue weighted by atomic mass is 10.1. The quantitative estimate of drug-likeness (QED) is 0.699. The number of aliphatic hydroxyl groups excluding tert-OH is 1. The molecule has 0 bridgehead atoms. The molecule has 1 N–H and O–H groups in total. The van der Waals surface area contributed by atoms with Crippen molar-refractivity contribution in [3.8, 4) is 0 Å². The van der Waals surface area contributed by atoms with Crippen LogP contribution in [0.1, 0.15) is 33.1 Å². The zero-order valence-corrected chi connectivity index (χ0v) is 8.62. The Hall–Kier alpha value is -1.09. The van der Waals surface area contributed by atoms with Crippen LogP contribution >= 0.6 is 0 Å². The van der Waals surface area contributed by atoms with Gasteiger partial charge in [-0.3, -0.25) is 0 Å². The van der Waals surface area contributed by atoms with Gasteiger partial charge in [-0.2, -0.15) is 0 Å². The Morgan fingerprint density at radius 3 is 2.93 bits per heavy atom. The third-order valence-corrected chi connectivity index (χ3v) is 1.97. The van der Waals surface area contributed by atoms with Crippen molar-refractivity contribution >= 4 is 5.97 Å². The standard InChI is InChI=1S/C11H16O3/c1-3-4-9-7-10(14-11(9)13)6-5-8(2)12/h6-8,12H,3-5H2,1-2H3/b10-6-/t8-/m1/s1. The van der Waals surface area contributed by atoms with Crippen molar-refractivity contribution in [3.63, 3.8) is 0 Å². The fourth-order valence-corrected chi connectivity index (χ4v) is 1.26. The first-order valence-corrected chi connectivity index (χ1v) is 4.94. The molecule has 1 atom stereocenters. The van der Waals surface area contributed by atoms with E-state index < -0.39 is 6.10 Å². The van der Waals surface area contributed by atoms with E-state index in [1.54, 1.807) is 19.1 Å². The lowest BCUT2D eigenvalue weighted by Crippen LogP contribution is -1.99. The number of rotatable bonds is 4. The van der Waals surface area contributed by atoms with Crippen molar-refractivity contribution in [2.75, 3.05) is 0 Å².